The van der Waals surface area contributed by atoms with E-state index in [0.29, 0.717) is 0 Å². The highest BCUT2D eigenvalue weighted by Gasteiger charge is 2.07. The molecule has 0 fully saturated rings. The van der Waals surface area contributed by atoms with E-state index in [1.807, 2.05) is 0 Å². The lowest BCUT2D eigenvalue weighted by Gasteiger charge is -2.08. The maximum Gasteiger partial charge on any atom is 0.115 e. The largest absolute Gasteiger partial charge is 0.387 e. The van der Waals surface area contributed by atoms with Gasteiger partial charge in [-0.05, 0) is 38.2 Å². The van der Waals surface area contributed by atoms with Crippen molar-refractivity contribution in [3.8, 4) is 0 Å². The second-order valence-electron chi connectivity index (χ2n) is 7.02. The lowest BCUT2D eigenvalue weighted by atomic mass is 10.0. The Morgan fingerprint density at radius 1 is 0.880 bits per heavy atom. The maximum absolute atomic E-state index is 10.0. The third kappa shape index (κ3) is 12.7. The Hall–Kier alpha value is -1.22. The van der Waals surface area contributed by atoms with E-state index < -0.39 is 6.10 Å². The van der Waals surface area contributed by atoms with Crippen LogP contribution in [0.5, 0.6) is 0 Å². The Morgan fingerprint density at radius 2 is 1.48 bits per heavy atom. The van der Waals surface area contributed by atoms with Gasteiger partial charge in [0.15, 0.2) is 0 Å². The van der Waals surface area contributed by atoms with Crippen molar-refractivity contribution in [1.29, 1.82) is 0 Å². The molecule has 0 bridgehead atoms. The summed E-state index contributed by atoms with van der Waals surface area (Å²) in [7, 11) is 0. The maximum atomic E-state index is 10.0. The van der Waals surface area contributed by atoms with Gasteiger partial charge in [-0.1, -0.05) is 76.9 Å². The number of aromatic nitrogens is 2. The van der Waals surface area contributed by atoms with Crippen molar-refractivity contribution >= 4 is 0 Å². The molecule has 0 aliphatic rings. The number of allylic oxidation sites excluding steroid dienone is 2. The zero-order valence-electron chi connectivity index (χ0n) is 16.2. The van der Waals surface area contributed by atoms with E-state index in [-0.39, 0.29) is 0 Å². The summed E-state index contributed by atoms with van der Waals surface area (Å²) in [6.07, 6.45) is 25.2. The van der Waals surface area contributed by atoms with Gasteiger partial charge in [0.25, 0.3) is 0 Å². The van der Waals surface area contributed by atoms with Gasteiger partial charge in [0.2, 0.25) is 0 Å². The Morgan fingerprint density at radius 3 is 2.08 bits per heavy atom. The summed E-state index contributed by atoms with van der Waals surface area (Å²) >= 11 is 0. The SMILES string of the molecule is CCCCCCCCC=CCCCCCCCC(O)c1ccncn1. The van der Waals surface area contributed by atoms with Crippen molar-refractivity contribution < 1.29 is 5.11 Å². The van der Waals surface area contributed by atoms with E-state index in [0.717, 1.165) is 18.5 Å². The van der Waals surface area contributed by atoms with Gasteiger partial charge in [0, 0.05) is 6.20 Å². The lowest BCUT2D eigenvalue weighted by molar-refractivity contribution is 0.158. The van der Waals surface area contributed by atoms with Crippen molar-refractivity contribution in [3.63, 3.8) is 0 Å². The van der Waals surface area contributed by atoms with Crippen LogP contribution in [0.2, 0.25) is 0 Å². The molecular weight excluding hydrogens is 308 g/mol. The van der Waals surface area contributed by atoms with Crippen molar-refractivity contribution in [2.24, 2.45) is 0 Å². The van der Waals surface area contributed by atoms with Gasteiger partial charge in [-0.2, -0.15) is 0 Å². The number of nitrogens with zero attached hydrogens (tertiary/aromatic N) is 2. The third-order valence-corrected chi connectivity index (χ3v) is 4.69. The first kappa shape index (κ1) is 21.8. The minimum absolute atomic E-state index is 0.437. The Balaban J connectivity index is 1.83. The summed E-state index contributed by atoms with van der Waals surface area (Å²) < 4.78 is 0. The lowest BCUT2D eigenvalue weighted by Crippen LogP contribution is -2.00. The molecule has 0 saturated heterocycles. The highest BCUT2D eigenvalue weighted by Crippen LogP contribution is 2.17. The molecule has 0 amide bonds. The number of rotatable bonds is 16. The Kier molecular flexibility index (Phi) is 14.2. The first-order valence-corrected chi connectivity index (χ1v) is 10.4. The van der Waals surface area contributed by atoms with Crippen LogP contribution >= 0.6 is 0 Å². The zero-order valence-corrected chi connectivity index (χ0v) is 16.2. The van der Waals surface area contributed by atoms with Crippen LogP contribution in [0.25, 0.3) is 0 Å². The van der Waals surface area contributed by atoms with E-state index in [4.69, 9.17) is 0 Å². The van der Waals surface area contributed by atoms with Gasteiger partial charge in [-0.3, -0.25) is 0 Å². The van der Waals surface area contributed by atoms with Gasteiger partial charge >= 0.3 is 0 Å². The van der Waals surface area contributed by atoms with Crippen LogP contribution in [-0.4, -0.2) is 15.1 Å². The van der Waals surface area contributed by atoms with Gasteiger partial charge in [-0.25, -0.2) is 9.97 Å². The number of aliphatic hydroxyl groups is 1. The predicted octanol–water partition coefficient (Wildman–Crippen LogP) is 6.55. The molecule has 1 heterocycles. The Bertz CT molecular complexity index is 419. The van der Waals surface area contributed by atoms with Crippen molar-refractivity contribution in [3.05, 3.63) is 36.4 Å². The van der Waals surface area contributed by atoms with Crippen LogP contribution in [0.1, 0.15) is 109 Å². The first-order valence-electron chi connectivity index (χ1n) is 10.4. The molecule has 142 valence electrons. The van der Waals surface area contributed by atoms with E-state index >= 15 is 0 Å². The monoisotopic (exact) mass is 346 g/mol. The van der Waals surface area contributed by atoms with E-state index in [2.05, 4.69) is 29.0 Å². The summed E-state index contributed by atoms with van der Waals surface area (Å²) in [5.74, 6) is 0. The van der Waals surface area contributed by atoms with Crippen molar-refractivity contribution in [2.75, 3.05) is 0 Å². The normalized spacial score (nSPS) is 12.7. The smallest absolute Gasteiger partial charge is 0.115 e. The molecule has 1 atom stereocenters. The fourth-order valence-electron chi connectivity index (χ4n) is 3.05. The van der Waals surface area contributed by atoms with Crippen LogP contribution in [0.4, 0.5) is 0 Å². The molecule has 1 rings (SSSR count). The minimum Gasteiger partial charge on any atom is -0.387 e. The summed E-state index contributed by atoms with van der Waals surface area (Å²) in [6.45, 7) is 2.27. The molecule has 0 radical (unpaired) electrons. The van der Waals surface area contributed by atoms with Gasteiger partial charge in [0.05, 0.1) is 11.8 Å². The molecule has 0 aliphatic heterocycles. The highest BCUT2D eigenvalue weighted by atomic mass is 16.3. The molecule has 0 saturated carbocycles. The molecule has 3 nitrogen and oxygen atoms in total. The van der Waals surface area contributed by atoms with Crippen LogP contribution < -0.4 is 0 Å². The fraction of sp³-hybridized carbons (Fsp3) is 0.727. The third-order valence-electron chi connectivity index (χ3n) is 4.69. The van der Waals surface area contributed by atoms with Crippen LogP contribution in [0.15, 0.2) is 30.7 Å². The zero-order chi connectivity index (χ0) is 18.0. The second kappa shape index (κ2) is 16.3. The molecule has 1 aromatic rings. The fourth-order valence-corrected chi connectivity index (χ4v) is 3.05. The molecule has 1 aromatic heterocycles. The topological polar surface area (TPSA) is 46.0 Å². The molecule has 1 unspecified atom stereocenters. The second-order valence-corrected chi connectivity index (χ2v) is 7.02. The summed E-state index contributed by atoms with van der Waals surface area (Å²) in [6, 6.07) is 1.79. The molecule has 25 heavy (non-hydrogen) atoms. The molecule has 0 aliphatic carbocycles. The number of hydrogen-bond acceptors (Lipinski definition) is 3. The average Bonchev–Trinajstić information content (AvgIpc) is 2.65. The van der Waals surface area contributed by atoms with Gasteiger partial charge in [0.1, 0.15) is 6.33 Å². The quantitative estimate of drug-likeness (QED) is 0.273. The summed E-state index contributed by atoms with van der Waals surface area (Å²) in [5.41, 5.74) is 0.741. The number of unbranched alkanes of at least 4 members (excludes halogenated alkanes) is 11. The van der Waals surface area contributed by atoms with Crippen molar-refractivity contribution in [2.45, 2.75) is 103 Å². The Labute approximate surface area is 155 Å². The molecule has 1 N–H and O–H groups in total. The van der Waals surface area contributed by atoms with Gasteiger partial charge in [-0.15, -0.1) is 0 Å². The van der Waals surface area contributed by atoms with Gasteiger partial charge < -0.3 is 5.11 Å². The van der Waals surface area contributed by atoms with E-state index in [1.54, 1.807) is 12.3 Å². The summed E-state index contributed by atoms with van der Waals surface area (Å²) in [4.78, 5) is 7.97. The van der Waals surface area contributed by atoms with E-state index in [1.165, 1.54) is 83.4 Å². The van der Waals surface area contributed by atoms with Crippen LogP contribution in [0.3, 0.4) is 0 Å². The molecule has 3 heteroatoms. The summed E-state index contributed by atoms with van der Waals surface area (Å²) in [5, 5.41) is 10.0. The molecule has 0 spiro atoms. The highest BCUT2D eigenvalue weighted by molar-refractivity contribution is 5.01. The number of aliphatic hydroxyl groups excluding tert-OH is 1. The predicted molar refractivity (Wildman–Crippen MR) is 106 cm³/mol. The average molecular weight is 347 g/mol. The molecular formula is C22H38N2O. The van der Waals surface area contributed by atoms with Crippen LogP contribution in [0, 0.1) is 0 Å². The van der Waals surface area contributed by atoms with E-state index in [9.17, 15) is 5.11 Å². The molecule has 0 aromatic carbocycles. The first-order chi connectivity index (χ1) is 12.3. The standard InChI is InChI=1S/C22H38N2O/c1-2-3-4-5-6-7-8-9-10-11-12-13-14-15-16-17-22(25)21-18-19-23-20-24-21/h9-10,18-20,22,25H,2-8,11-17H2,1H3. The minimum atomic E-state index is -0.437. The van der Waals surface area contributed by atoms with Crippen LogP contribution in [-0.2, 0) is 0 Å². The number of hydrogen-bond donors (Lipinski definition) is 1. The van der Waals surface area contributed by atoms with Crippen molar-refractivity contribution in [1.82, 2.24) is 9.97 Å².